The Kier molecular flexibility index (Phi) is 5.95. The molecule has 3 rings (SSSR count). The van der Waals surface area contributed by atoms with Crippen LogP contribution < -0.4 is 10.6 Å². The molecule has 0 saturated carbocycles. The van der Waals surface area contributed by atoms with Crippen LogP contribution in [0.1, 0.15) is 36.6 Å². The molecule has 0 unspecified atom stereocenters. The summed E-state index contributed by atoms with van der Waals surface area (Å²) in [4.78, 5) is 36.4. The Hall–Kier alpha value is -3.64. The van der Waals surface area contributed by atoms with E-state index in [1.807, 2.05) is 0 Å². The van der Waals surface area contributed by atoms with Gasteiger partial charge in [-0.25, -0.2) is 4.79 Å². The molecule has 0 fully saturated rings. The van der Waals surface area contributed by atoms with E-state index < -0.39 is 11.9 Å². The van der Waals surface area contributed by atoms with Gasteiger partial charge >= 0.3 is 5.97 Å². The molecule has 0 saturated heterocycles. The van der Waals surface area contributed by atoms with Crippen molar-refractivity contribution in [3.63, 3.8) is 0 Å². The van der Waals surface area contributed by atoms with Crippen molar-refractivity contribution < 1.29 is 19.5 Å². The van der Waals surface area contributed by atoms with Crippen LogP contribution in [-0.4, -0.2) is 22.9 Å². The lowest BCUT2D eigenvalue weighted by Gasteiger charge is -2.11. The van der Waals surface area contributed by atoms with Gasteiger partial charge < -0.3 is 15.7 Å². The average molecular weight is 409 g/mol. The normalized spacial score (nSPS) is 10.3. The van der Waals surface area contributed by atoms with Gasteiger partial charge in [-0.2, -0.15) is 0 Å². The third-order valence-corrected chi connectivity index (χ3v) is 4.71. The van der Waals surface area contributed by atoms with Crippen molar-refractivity contribution in [2.75, 3.05) is 10.6 Å². The fraction of sp³-hybridized carbons (Fsp3) is 0.0455. The zero-order valence-electron chi connectivity index (χ0n) is 15.4. The van der Waals surface area contributed by atoms with E-state index in [4.69, 9.17) is 11.6 Å². The summed E-state index contributed by atoms with van der Waals surface area (Å²) < 4.78 is 0. The van der Waals surface area contributed by atoms with E-state index in [0.717, 1.165) is 5.56 Å². The van der Waals surface area contributed by atoms with E-state index in [9.17, 15) is 19.5 Å². The number of anilines is 2. The number of rotatable bonds is 5. The van der Waals surface area contributed by atoms with Crippen molar-refractivity contribution in [2.24, 2.45) is 0 Å². The summed E-state index contributed by atoms with van der Waals surface area (Å²) >= 11 is 6.08. The summed E-state index contributed by atoms with van der Waals surface area (Å²) in [6.45, 7) is 1.80. The quantitative estimate of drug-likeness (QED) is 0.562. The number of carboxylic acids is 1. The highest BCUT2D eigenvalue weighted by atomic mass is 35.5. The predicted molar refractivity (Wildman–Crippen MR) is 112 cm³/mol. The molecule has 0 bridgehead atoms. The summed E-state index contributed by atoms with van der Waals surface area (Å²) in [7, 11) is 0. The summed E-state index contributed by atoms with van der Waals surface area (Å²) in [5.41, 5.74) is 1.96. The van der Waals surface area contributed by atoms with E-state index in [-0.39, 0.29) is 17.0 Å². The van der Waals surface area contributed by atoms with Crippen LogP contribution in [0.15, 0.2) is 66.7 Å². The van der Waals surface area contributed by atoms with E-state index in [1.54, 1.807) is 55.5 Å². The Bertz CT molecular complexity index is 1110. The lowest BCUT2D eigenvalue weighted by atomic mass is 10.1. The highest BCUT2D eigenvalue weighted by Crippen LogP contribution is 2.24. The lowest BCUT2D eigenvalue weighted by molar-refractivity contribution is 0.0692. The van der Waals surface area contributed by atoms with Gasteiger partial charge in [0.25, 0.3) is 11.8 Å². The van der Waals surface area contributed by atoms with E-state index >= 15 is 0 Å². The predicted octanol–water partition coefficient (Wildman–Crippen LogP) is 4.85. The number of carbonyl (C=O) groups excluding carboxylic acids is 2. The van der Waals surface area contributed by atoms with Gasteiger partial charge in [0.05, 0.1) is 11.1 Å². The van der Waals surface area contributed by atoms with Crippen molar-refractivity contribution in [3.05, 3.63) is 94.0 Å². The van der Waals surface area contributed by atoms with Crippen molar-refractivity contribution in [2.45, 2.75) is 6.92 Å². The maximum atomic E-state index is 12.6. The number of amides is 2. The molecule has 3 aromatic carbocycles. The van der Waals surface area contributed by atoms with Crippen LogP contribution in [0.4, 0.5) is 11.4 Å². The summed E-state index contributed by atoms with van der Waals surface area (Å²) in [5, 5.41) is 15.2. The van der Waals surface area contributed by atoms with E-state index in [0.29, 0.717) is 22.0 Å². The highest BCUT2D eigenvalue weighted by molar-refractivity contribution is 6.31. The van der Waals surface area contributed by atoms with Crippen LogP contribution in [-0.2, 0) is 0 Å². The Morgan fingerprint density at radius 2 is 1.52 bits per heavy atom. The molecule has 0 aliphatic rings. The molecular weight excluding hydrogens is 392 g/mol. The third-order valence-electron chi connectivity index (χ3n) is 4.30. The molecule has 3 N–H and O–H groups in total. The molecule has 0 aliphatic heterocycles. The van der Waals surface area contributed by atoms with Crippen LogP contribution in [0.25, 0.3) is 0 Å². The summed E-state index contributed by atoms with van der Waals surface area (Å²) in [6.07, 6.45) is 0. The number of halogens is 1. The smallest absolute Gasteiger partial charge is 0.336 e. The van der Waals surface area contributed by atoms with Crippen LogP contribution >= 0.6 is 11.6 Å². The molecule has 0 atom stereocenters. The highest BCUT2D eigenvalue weighted by Gasteiger charge is 2.16. The van der Waals surface area contributed by atoms with Gasteiger partial charge in [-0.15, -0.1) is 0 Å². The van der Waals surface area contributed by atoms with Crippen LogP contribution in [0.3, 0.4) is 0 Å². The minimum Gasteiger partial charge on any atom is -0.478 e. The molecule has 146 valence electrons. The summed E-state index contributed by atoms with van der Waals surface area (Å²) in [5.74, 6) is -2.13. The Labute approximate surface area is 172 Å². The van der Waals surface area contributed by atoms with E-state index in [1.165, 1.54) is 18.2 Å². The fourth-order valence-corrected chi connectivity index (χ4v) is 2.92. The van der Waals surface area contributed by atoms with Crippen molar-refractivity contribution in [3.8, 4) is 0 Å². The number of carboxylic acid groups (broad SMARTS) is 1. The molecule has 0 spiro atoms. The second-order valence-corrected chi connectivity index (χ2v) is 6.66. The third kappa shape index (κ3) is 4.62. The monoisotopic (exact) mass is 408 g/mol. The molecule has 0 aliphatic carbocycles. The SMILES string of the molecule is Cc1c(Cl)cccc1NC(=O)c1cccc(NC(=O)c2ccccc2C(=O)O)c1. The molecule has 0 radical (unpaired) electrons. The molecule has 6 nitrogen and oxygen atoms in total. The zero-order valence-corrected chi connectivity index (χ0v) is 16.2. The van der Waals surface area contributed by atoms with E-state index in [2.05, 4.69) is 10.6 Å². The largest absolute Gasteiger partial charge is 0.478 e. The Balaban J connectivity index is 1.79. The van der Waals surface area contributed by atoms with Gasteiger partial charge in [0, 0.05) is 22.0 Å². The molecule has 0 aromatic heterocycles. The number of nitrogens with one attached hydrogen (secondary N) is 2. The lowest BCUT2D eigenvalue weighted by Crippen LogP contribution is -2.17. The number of hydrogen-bond donors (Lipinski definition) is 3. The van der Waals surface area contributed by atoms with Gasteiger partial charge in [0.15, 0.2) is 0 Å². The van der Waals surface area contributed by atoms with Crippen LogP contribution in [0.5, 0.6) is 0 Å². The van der Waals surface area contributed by atoms with Gasteiger partial charge in [-0.3, -0.25) is 9.59 Å². The minimum atomic E-state index is -1.19. The molecule has 3 aromatic rings. The molecule has 2 amide bonds. The Morgan fingerprint density at radius 1 is 0.828 bits per heavy atom. The Morgan fingerprint density at radius 3 is 2.24 bits per heavy atom. The van der Waals surface area contributed by atoms with Crippen molar-refractivity contribution in [1.29, 1.82) is 0 Å². The maximum absolute atomic E-state index is 12.6. The second-order valence-electron chi connectivity index (χ2n) is 6.25. The van der Waals surface area contributed by atoms with Gasteiger partial charge in [0.2, 0.25) is 0 Å². The minimum absolute atomic E-state index is 0.0319. The standard InChI is InChI=1S/C22H17ClN2O4/c1-13-18(23)10-5-11-19(13)25-20(26)14-6-4-7-15(12-14)24-21(27)16-8-2-3-9-17(16)22(28)29/h2-12H,1H3,(H,24,27)(H,25,26)(H,28,29). The molecular formula is C22H17ClN2O4. The first kappa shape index (κ1) is 20.1. The fourth-order valence-electron chi connectivity index (χ4n) is 2.74. The van der Waals surface area contributed by atoms with Gasteiger partial charge in [-0.05, 0) is 55.0 Å². The number of hydrogen-bond acceptors (Lipinski definition) is 3. The first-order valence-electron chi connectivity index (χ1n) is 8.67. The van der Waals surface area contributed by atoms with Gasteiger partial charge in [0.1, 0.15) is 0 Å². The first-order valence-corrected chi connectivity index (χ1v) is 9.05. The second kappa shape index (κ2) is 8.58. The number of aromatic carboxylic acids is 1. The average Bonchev–Trinajstić information content (AvgIpc) is 2.71. The van der Waals surface area contributed by atoms with Crippen LogP contribution in [0.2, 0.25) is 5.02 Å². The summed E-state index contributed by atoms with van der Waals surface area (Å²) in [6, 6.07) is 17.5. The van der Waals surface area contributed by atoms with Crippen LogP contribution in [0, 0.1) is 6.92 Å². The van der Waals surface area contributed by atoms with Crippen molar-refractivity contribution in [1.82, 2.24) is 0 Å². The molecule has 29 heavy (non-hydrogen) atoms. The molecule has 7 heteroatoms. The molecule has 0 heterocycles. The van der Waals surface area contributed by atoms with Gasteiger partial charge in [-0.1, -0.05) is 35.9 Å². The van der Waals surface area contributed by atoms with Crippen molar-refractivity contribution >= 4 is 40.8 Å². The maximum Gasteiger partial charge on any atom is 0.336 e. The number of benzene rings is 3. The first-order chi connectivity index (χ1) is 13.9. The zero-order chi connectivity index (χ0) is 21.0. The topological polar surface area (TPSA) is 95.5 Å². The number of carbonyl (C=O) groups is 3.